The molecule has 3 heterocycles. The topological polar surface area (TPSA) is 88.7 Å². The highest BCUT2D eigenvalue weighted by Gasteiger charge is 2.26. The van der Waals surface area contributed by atoms with Gasteiger partial charge in [-0.15, -0.1) is 0 Å². The smallest absolute Gasteiger partial charge is 0.274 e. The number of piperazine rings is 1. The van der Waals surface area contributed by atoms with Crippen molar-refractivity contribution in [1.82, 2.24) is 19.6 Å². The van der Waals surface area contributed by atoms with Crippen LogP contribution in [0.3, 0.4) is 0 Å². The molecule has 26 heavy (non-hydrogen) atoms. The minimum atomic E-state index is -0.217. The molecule has 1 fully saturated rings. The maximum atomic E-state index is 12.7. The lowest BCUT2D eigenvalue weighted by Crippen LogP contribution is -2.50. The van der Waals surface area contributed by atoms with Crippen LogP contribution < -0.4 is 5.56 Å². The summed E-state index contributed by atoms with van der Waals surface area (Å²) in [7, 11) is 0. The van der Waals surface area contributed by atoms with Crippen molar-refractivity contribution in [2.24, 2.45) is 0 Å². The summed E-state index contributed by atoms with van der Waals surface area (Å²) in [6.45, 7) is 4.29. The molecule has 1 aliphatic heterocycles. The van der Waals surface area contributed by atoms with Crippen LogP contribution >= 0.6 is 0 Å². The third-order valence-electron chi connectivity index (χ3n) is 4.43. The van der Waals surface area contributed by atoms with Gasteiger partial charge in [-0.05, 0) is 18.6 Å². The average Bonchev–Trinajstić information content (AvgIpc) is 3.21. The summed E-state index contributed by atoms with van der Waals surface area (Å²) in [5.41, 5.74) is 0.565. The molecule has 0 N–H and O–H groups in total. The van der Waals surface area contributed by atoms with E-state index in [1.54, 1.807) is 15.9 Å². The van der Waals surface area contributed by atoms with Gasteiger partial charge >= 0.3 is 0 Å². The molecular weight excluding hydrogens is 336 g/mol. The minimum absolute atomic E-state index is 0.0999. The van der Waals surface area contributed by atoms with Gasteiger partial charge in [-0.2, -0.15) is 5.10 Å². The van der Waals surface area contributed by atoms with E-state index in [1.165, 1.54) is 29.3 Å². The van der Waals surface area contributed by atoms with Gasteiger partial charge in [-0.1, -0.05) is 13.3 Å². The Morgan fingerprint density at radius 2 is 1.77 bits per heavy atom. The lowest BCUT2D eigenvalue weighted by Gasteiger charge is -2.34. The van der Waals surface area contributed by atoms with Gasteiger partial charge in [0.25, 0.3) is 17.4 Å². The first-order valence-corrected chi connectivity index (χ1v) is 8.79. The largest absolute Gasteiger partial charge is 0.472 e. The third kappa shape index (κ3) is 3.84. The summed E-state index contributed by atoms with van der Waals surface area (Å²) in [5, 5.41) is 4.20. The molecule has 0 spiro atoms. The van der Waals surface area contributed by atoms with E-state index in [2.05, 4.69) is 5.10 Å². The Balaban J connectivity index is 1.63. The SMILES string of the molecule is CCCCn1nc(C(=O)N2CCN(C(=O)c3ccoc3)CC2)ccc1=O. The highest BCUT2D eigenvalue weighted by Crippen LogP contribution is 2.11. The van der Waals surface area contributed by atoms with Crippen molar-refractivity contribution in [3.63, 3.8) is 0 Å². The molecule has 2 aromatic heterocycles. The summed E-state index contributed by atoms with van der Waals surface area (Å²) in [5.74, 6) is -0.317. The first-order valence-electron chi connectivity index (χ1n) is 8.79. The molecule has 1 aliphatic rings. The summed E-state index contributed by atoms with van der Waals surface area (Å²) >= 11 is 0. The first kappa shape index (κ1) is 17.9. The van der Waals surface area contributed by atoms with Crippen LogP contribution in [0.1, 0.15) is 40.6 Å². The molecule has 8 nitrogen and oxygen atoms in total. The maximum absolute atomic E-state index is 12.7. The van der Waals surface area contributed by atoms with Crippen molar-refractivity contribution >= 4 is 11.8 Å². The molecule has 138 valence electrons. The Hall–Kier alpha value is -2.90. The first-order chi connectivity index (χ1) is 12.6. The third-order valence-corrected chi connectivity index (χ3v) is 4.43. The second-order valence-corrected chi connectivity index (χ2v) is 6.23. The Labute approximate surface area is 151 Å². The fourth-order valence-corrected chi connectivity index (χ4v) is 2.87. The Bertz CT molecular complexity index is 820. The van der Waals surface area contributed by atoms with Crippen LogP contribution in [0.2, 0.25) is 0 Å². The monoisotopic (exact) mass is 358 g/mol. The minimum Gasteiger partial charge on any atom is -0.472 e. The molecule has 0 bridgehead atoms. The molecular formula is C18H22N4O4. The number of nitrogens with zero attached hydrogens (tertiary/aromatic N) is 4. The molecule has 0 aliphatic carbocycles. The highest BCUT2D eigenvalue weighted by molar-refractivity contribution is 5.94. The number of furan rings is 1. The van der Waals surface area contributed by atoms with Gasteiger partial charge in [0.1, 0.15) is 12.0 Å². The van der Waals surface area contributed by atoms with Crippen LogP contribution in [0.5, 0.6) is 0 Å². The Morgan fingerprint density at radius 1 is 1.08 bits per heavy atom. The van der Waals surface area contributed by atoms with E-state index in [4.69, 9.17) is 4.42 Å². The molecule has 1 saturated heterocycles. The molecule has 0 atom stereocenters. The summed E-state index contributed by atoms with van der Waals surface area (Å²) < 4.78 is 6.29. The lowest BCUT2D eigenvalue weighted by molar-refractivity contribution is 0.0530. The molecule has 3 rings (SSSR count). The van der Waals surface area contributed by atoms with Crippen molar-refractivity contribution in [3.05, 3.63) is 52.3 Å². The molecule has 2 aromatic rings. The second-order valence-electron chi connectivity index (χ2n) is 6.23. The Kier molecular flexibility index (Phi) is 5.50. The van der Waals surface area contributed by atoms with Crippen molar-refractivity contribution in [2.45, 2.75) is 26.3 Å². The van der Waals surface area contributed by atoms with E-state index in [0.29, 0.717) is 38.3 Å². The lowest BCUT2D eigenvalue weighted by atomic mass is 10.2. The fourth-order valence-electron chi connectivity index (χ4n) is 2.87. The van der Waals surface area contributed by atoms with E-state index in [-0.39, 0.29) is 23.1 Å². The number of carbonyl (C=O) groups is 2. The zero-order chi connectivity index (χ0) is 18.5. The number of carbonyl (C=O) groups excluding carboxylic acids is 2. The van der Waals surface area contributed by atoms with E-state index in [0.717, 1.165) is 12.8 Å². The van der Waals surface area contributed by atoms with Gasteiger partial charge in [-0.25, -0.2) is 4.68 Å². The van der Waals surface area contributed by atoms with Crippen LogP contribution in [-0.2, 0) is 6.54 Å². The zero-order valence-electron chi connectivity index (χ0n) is 14.8. The van der Waals surface area contributed by atoms with Crippen molar-refractivity contribution in [2.75, 3.05) is 26.2 Å². The summed E-state index contributed by atoms with van der Waals surface area (Å²) in [4.78, 5) is 40.2. The zero-order valence-corrected chi connectivity index (χ0v) is 14.8. The van der Waals surface area contributed by atoms with Crippen LogP contribution in [-0.4, -0.2) is 57.6 Å². The van der Waals surface area contributed by atoms with Gasteiger partial charge in [-0.3, -0.25) is 14.4 Å². The fraction of sp³-hybridized carbons (Fsp3) is 0.444. The summed E-state index contributed by atoms with van der Waals surface area (Å²) in [6, 6.07) is 4.48. The van der Waals surface area contributed by atoms with E-state index >= 15 is 0 Å². The number of hydrogen-bond donors (Lipinski definition) is 0. The molecule has 0 saturated carbocycles. The molecule has 0 unspecified atom stereocenters. The molecule has 0 radical (unpaired) electrons. The molecule has 2 amide bonds. The number of aromatic nitrogens is 2. The quantitative estimate of drug-likeness (QED) is 0.802. The van der Waals surface area contributed by atoms with E-state index < -0.39 is 0 Å². The average molecular weight is 358 g/mol. The molecule has 0 aromatic carbocycles. The van der Waals surface area contributed by atoms with Crippen LogP contribution in [0.15, 0.2) is 39.9 Å². The van der Waals surface area contributed by atoms with E-state index in [1.807, 2.05) is 6.92 Å². The maximum Gasteiger partial charge on any atom is 0.274 e. The van der Waals surface area contributed by atoms with Gasteiger partial charge < -0.3 is 14.2 Å². The van der Waals surface area contributed by atoms with Crippen molar-refractivity contribution in [3.8, 4) is 0 Å². The van der Waals surface area contributed by atoms with Crippen molar-refractivity contribution in [1.29, 1.82) is 0 Å². The number of hydrogen-bond acceptors (Lipinski definition) is 5. The number of rotatable bonds is 5. The number of unbranched alkanes of at least 4 members (excludes halogenated alkanes) is 1. The molecule has 8 heteroatoms. The van der Waals surface area contributed by atoms with Gasteiger partial charge in [0.05, 0.1) is 11.8 Å². The predicted octanol–water partition coefficient (Wildman–Crippen LogP) is 1.23. The highest BCUT2D eigenvalue weighted by atomic mass is 16.3. The van der Waals surface area contributed by atoms with Crippen molar-refractivity contribution < 1.29 is 14.0 Å². The van der Waals surface area contributed by atoms with Crippen LogP contribution in [0.4, 0.5) is 0 Å². The normalized spacial score (nSPS) is 14.5. The van der Waals surface area contributed by atoms with E-state index in [9.17, 15) is 14.4 Å². The summed E-state index contributed by atoms with van der Waals surface area (Å²) in [6.07, 6.45) is 4.66. The number of aryl methyl sites for hydroxylation is 1. The van der Waals surface area contributed by atoms with Gasteiger partial charge in [0.2, 0.25) is 0 Å². The Morgan fingerprint density at radius 3 is 2.38 bits per heavy atom. The van der Waals surface area contributed by atoms with Crippen LogP contribution in [0, 0.1) is 0 Å². The van der Waals surface area contributed by atoms with Crippen LogP contribution in [0.25, 0.3) is 0 Å². The van der Waals surface area contributed by atoms with Gasteiger partial charge in [0.15, 0.2) is 0 Å². The second kappa shape index (κ2) is 7.99. The standard InChI is InChI=1S/C18H22N4O4/c1-2-3-7-22-16(23)5-4-15(19-22)18(25)21-10-8-20(9-11-21)17(24)14-6-12-26-13-14/h4-6,12-13H,2-3,7-11H2,1H3. The predicted molar refractivity (Wildman–Crippen MR) is 93.9 cm³/mol. The van der Waals surface area contributed by atoms with Gasteiger partial charge in [0, 0.05) is 38.8 Å². The number of amides is 2.